The Kier molecular flexibility index (Phi) is 4.17. The number of nitrogens with zero attached hydrogens (tertiary/aromatic N) is 2. The van der Waals surface area contributed by atoms with E-state index in [-0.39, 0.29) is 17.9 Å². The van der Waals surface area contributed by atoms with Gasteiger partial charge >= 0.3 is 0 Å². The highest BCUT2D eigenvalue weighted by Crippen LogP contribution is 2.40. The second-order valence-electron chi connectivity index (χ2n) is 6.18. The lowest BCUT2D eigenvalue weighted by Crippen LogP contribution is -2.21. The van der Waals surface area contributed by atoms with Crippen molar-refractivity contribution >= 4 is 0 Å². The maximum absolute atomic E-state index is 6.03. The fraction of sp³-hybridized carbons (Fsp3) is 0.368. The summed E-state index contributed by atoms with van der Waals surface area (Å²) in [7, 11) is 0. The number of rotatable bonds is 4. The molecule has 4 rings (SSSR count). The van der Waals surface area contributed by atoms with Gasteiger partial charge in [0.1, 0.15) is 5.76 Å². The molecular weight excluding hydrogens is 304 g/mol. The molecule has 1 saturated heterocycles. The average molecular weight is 324 g/mol. The first kappa shape index (κ1) is 15.1. The van der Waals surface area contributed by atoms with Crippen LogP contribution in [0.5, 0.6) is 0 Å². The minimum Gasteiger partial charge on any atom is -0.469 e. The Hall–Kier alpha value is -2.40. The summed E-state index contributed by atoms with van der Waals surface area (Å²) in [6.07, 6.45) is 3.61. The first-order chi connectivity index (χ1) is 11.8. The van der Waals surface area contributed by atoms with Gasteiger partial charge in [-0.15, -0.1) is 0 Å². The predicted octanol–water partition coefficient (Wildman–Crippen LogP) is 4.45. The number of aromatic nitrogens is 2. The van der Waals surface area contributed by atoms with Crippen molar-refractivity contribution in [3.8, 4) is 0 Å². The smallest absolute Gasteiger partial charge is 0.232 e. The largest absolute Gasteiger partial charge is 0.469 e. The Bertz CT molecular complexity index is 767. The summed E-state index contributed by atoms with van der Waals surface area (Å²) < 4.78 is 17.1. The zero-order valence-corrected chi connectivity index (χ0v) is 13.6. The van der Waals surface area contributed by atoms with Crippen molar-refractivity contribution < 1.29 is 13.7 Å². The summed E-state index contributed by atoms with van der Waals surface area (Å²) in [6, 6.07) is 14.0. The lowest BCUT2D eigenvalue weighted by atomic mass is 9.89. The fourth-order valence-corrected chi connectivity index (χ4v) is 3.24. The molecule has 1 unspecified atom stereocenters. The fourth-order valence-electron chi connectivity index (χ4n) is 3.24. The second-order valence-corrected chi connectivity index (χ2v) is 6.18. The van der Waals surface area contributed by atoms with Crippen molar-refractivity contribution in [2.45, 2.75) is 37.7 Å². The van der Waals surface area contributed by atoms with E-state index in [0.717, 1.165) is 30.8 Å². The molecule has 24 heavy (non-hydrogen) atoms. The Morgan fingerprint density at radius 2 is 2.00 bits per heavy atom. The van der Waals surface area contributed by atoms with Gasteiger partial charge in [-0.2, -0.15) is 4.98 Å². The highest BCUT2D eigenvalue weighted by molar-refractivity contribution is 5.22. The molecule has 1 aliphatic rings. The molecule has 5 heteroatoms. The minimum atomic E-state index is -0.0350. The molecule has 1 aromatic carbocycles. The van der Waals surface area contributed by atoms with Crippen molar-refractivity contribution in [1.82, 2.24) is 10.1 Å². The summed E-state index contributed by atoms with van der Waals surface area (Å²) in [6.45, 7) is 2.78. The maximum Gasteiger partial charge on any atom is 0.232 e. The van der Waals surface area contributed by atoms with Gasteiger partial charge in [-0.1, -0.05) is 35.5 Å². The molecule has 3 aromatic rings. The third-order valence-electron chi connectivity index (χ3n) is 4.58. The van der Waals surface area contributed by atoms with Crippen LogP contribution >= 0.6 is 0 Å². The third kappa shape index (κ3) is 2.87. The van der Waals surface area contributed by atoms with Gasteiger partial charge in [0, 0.05) is 6.61 Å². The lowest BCUT2D eigenvalue weighted by Gasteiger charge is -2.29. The lowest BCUT2D eigenvalue weighted by molar-refractivity contribution is -0.0103. The molecular formula is C19H20N2O3. The summed E-state index contributed by atoms with van der Waals surface area (Å²) in [5, 5.41) is 4.17. The van der Waals surface area contributed by atoms with Gasteiger partial charge in [-0.3, -0.25) is 0 Å². The van der Waals surface area contributed by atoms with Gasteiger partial charge in [0.05, 0.1) is 24.2 Å². The molecule has 1 aliphatic heterocycles. The Balaban J connectivity index is 1.60. The van der Waals surface area contributed by atoms with Crippen LogP contribution < -0.4 is 0 Å². The highest BCUT2D eigenvalue weighted by Gasteiger charge is 2.33. The normalized spacial score (nSPS) is 22.4. The van der Waals surface area contributed by atoms with E-state index in [1.54, 1.807) is 6.26 Å². The molecule has 0 saturated carbocycles. The van der Waals surface area contributed by atoms with Crippen LogP contribution in [0, 0.1) is 0 Å². The predicted molar refractivity (Wildman–Crippen MR) is 87.6 cm³/mol. The molecule has 0 bridgehead atoms. The van der Waals surface area contributed by atoms with E-state index < -0.39 is 0 Å². The van der Waals surface area contributed by atoms with Crippen molar-refractivity contribution in [2.24, 2.45) is 0 Å². The summed E-state index contributed by atoms with van der Waals surface area (Å²) in [4.78, 5) is 4.65. The van der Waals surface area contributed by atoms with E-state index >= 15 is 0 Å². The quantitative estimate of drug-likeness (QED) is 0.709. The first-order valence-electron chi connectivity index (χ1n) is 8.36. The van der Waals surface area contributed by atoms with E-state index in [1.807, 2.05) is 37.3 Å². The number of hydrogen-bond acceptors (Lipinski definition) is 5. The average Bonchev–Trinajstić information content (AvgIpc) is 3.34. The van der Waals surface area contributed by atoms with E-state index in [1.165, 1.54) is 0 Å². The van der Waals surface area contributed by atoms with Crippen LogP contribution in [0.1, 0.15) is 60.7 Å². The topological polar surface area (TPSA) is 61.3 Å². The maximum atomic E-state index is 6.03. The molecule has 0 aliphatic carbocycles. The van der Waals surface area contributed by atoms with Gasteiger partial charge in [-0.25, -0.2) is 0 Å². The third-order valence-corrected chi connectivity index (χ3v) is 4.58. The molecule has 2 aromatic heterocycles. The SMILES string of the molecule is CC(c1noc([C@@H]2CCCO[C@H]2c2ccccc2)n1)c1ccco1. The molecule has 1 fully saturated rings. The van der Waals surface area contributed by atoms with E-state index in [2.05, 4.69) is 22.3 Å². The molecule has 3 heterocycles. The van der Waals surface area contributed by atoms with Gasteiger partial charge in [-0.05, 0) is 37.5 Å². The number of furan rings is 1. The van der Waals surface area contributed by atoms with Gasteiger partial charge in [0.15, 0.2) is 5.82 Å². The molecule has 3 atom stereocenters. The van der Waals surface area contributed by atoms with Crippen molar-refractivity contribution in [3.63, 3.8) is 0 Å². The standard InChI is InChI=1S/C19H20N2O3/c1-13(16-10-6-11-22-16)18-20-19(24-21-18)15-9-5-12-23-17(15)14-7-3-2-4-8-14/h2-4,6-8,10-11,13,15,17H,5,9,12H2,1H3/t13?,15-,17+/m1/s1. The number of hydrogen-bond donors (Lipinski definition) is 0. The summed E-state index contributed by atoms with van der Waals surface area (Å²) in [5.74, 6) is 2.19. The Labute approximate surface area is 140 Å². The van der Waals surface area contributed by atoms with Gasteiger partial charge in [0.25, 0.3) is 0 Å². The van der Waals surface area contributed by atoms with Crippen LogP contribution in [-0.4, -0.2) is 16.7 Å². The van der Waals surface area contributed by atoms with Crippen LogP contribution in [0.2, 0.25) is 0 Å². The monoisotopic (exact) mass is 324 g/mol. The minimum absolute atomic E-state index is 0.0304. The summed E-state index contributed by atoms with van der Waals surface area (Å²) in [5.41, 5.74) is 1.15. The van der Waals surface area contributed by atoms with Crippen molar-refractivity contribution in [2.75, 3.05) is 6.61 Å². The van der Waals surface area contributed by atoms with Crippen LogP contribution in [0.4, 0.5) is 0 Å². The zero-order chi connectivity index (χ0) is 16.4. The number of ether oxygens (including phenoxy) is 1. The molecule has 0 spiro atoms. The highest BCUT2D eigenvalue weighted by atomic mass is 16.5. The van der Waals surface area contributed by atoms with E-state index in [0.29, 0.717) is 11.7 Å². The Morgan fingerprint density at radius 1 is 1.12 bits per heavy atom. The number of benzene rings is 1. The van der Waals surface area contributed by atoms with E-state index in [9.17, 15) is 0 Å². The molecule has 0 N–H and O–H groups in total. The van der Waals surface area contributed by atoms with Gasteiger partial charge < -0.3 is 13.7 Å². The van der Waals surface area contributed by atoms with E-state index in [4.69, 9.17) is 13.7 Å². The molecule has 124 valence electrons. The van der Waals surface area contributed by atoms with Crippen molar-refractivity contribution in [3.05, 3.63) is 71.8 Å². The van der Waals surface area contributed by atoms with Crippen LogP contribution in [0.25, 0.3) is 0 Å². The summed E-state index contributed by atoms with van der Waals surface area (Å²) >= 11 is 0. The second kappa shape index (κ2) is 6.61. The van der Waals surface area contributed by atoms with Crippen molar-refractivity contribution in [1.29, 1.82) is 0 Å². The first-order valence-corrected chi connectivity index (χ1v) is 8.36. The molecule has 0 radical (unpaired) electrons. The van der Waals surface area contributed by atoms with Gasteiger partial charge in [0.2, 0.25) is 5.89 Å². The van der Waals surface area contributed by atoms with Crippen LogP contribution in [0.3, 0.4) is 0 Å². The zero-order valence-electron chi connectivity index (χ0n) is 13.6. The molecule has 0 amide bonds. The van der Waals surface area contributed by atoms with Crippen LogP contribution in [0.15, 0.2) is 57.7 Å². The Morgan fingerprint density at radius 3 is 2.79 bits per heavy atom. The van der Waals surface area contributed by atoms with Crippen LogP contribution in [-0.2, 0) is 4.74 Å². The molecule has 5 nitrogen and oxygen atoms in total.